The molecule has 0 spiro atoms. The standard InChI is InChI=1S/C19H30O6/c1-23-13-5-3-11(4-6-13)16-8-15(22)18-17(25-16)7-12(9-20)14(10-21)19(18)24-2/h8,11-14,17-21H,3-7,9-10H2,1-2H3. The van der Waals surface area contributed by atoms with E-state index < -0.39 is 12.0 Å². The highest BCUT2D eigenvalue weighted by molar-refractivity contribution is 5.94. The number of fused-ring (bicyclic) bond motifs is 1. The lowest BCUT2D eigenvalue weighted by Gasteiger charge is -2.47. The number of aliphatic hydroxyl groups excluding tert-OH is 2. The van der Waals surface area contributed by atoms with Crippen molar-refractivity contribution in [2.75, 3.05) is 27.4 Å². The van der Waals surface area contributed by atoms with Gasteiger partial charge >= 0.3 is 0 Å². The monoisotopic (exact) mass is 354 g/mol. The summed E-state index contributed by atoms with van der Waals surface area (Å²) >= 11 is 0. The van der Waals surface area contributed by atoms with Crippen LogP contribution in [0.5, 0.6) is 0 Å². The molecule has 6 nitrogen and oxygen atoms in total. The zero-order valence-corrected chi connectivity index (χ0v) is 15.1. The van der Waals surface area contributed by atoms with Gasteiger partial charge < -0.3 is 24.4 Å². The Hall–Kier alpha value is -0.950. The maximum atomic E-state index is 12.8. The van der Waals surface area contributed by atoms with Crippen LogP contribution in [-0.2, 0) is 19.0 Å². The second-order valence-corrected chi connectivity index (χ2v) is 7.57. The molecule has 3 rings (SSSR count). The van der Waals surface area contributed by atoms with Gasteiger partial charge in [0.1, 0.15) is 11.9 Å². The van der Waals surface area contributed by atoms with Gasteiger partial charge in [0.05, 0.1) is 18.1 Å². The van der Waals surface area contributed by atoms with Gasteiger partial charge in [-0.25, -0.2) is 0 Å². The first-order valence-electron chi connectivity index (χ1n) is 9.32. The van der Waals surface area contributed by atoms with Crippen molar-refractivity contribution >= 4 is 5.78 Å². The van der Waals surface area contributed by atoms with E-state index >= 15 is 0 Å². The first-order chi connectivity index (χ1) is 12.1. The van der Waals surface area contributed by atoms with Crippen LogP contribution in [0.3, 0.4) is 0 Å². The van der Waals surface area contributed by atoms with Crippen LogP contribution >= 0.6 is 0 Å². The van der Waals surface area contributed by atoms with E-state index in [9.17, 15) is 15.0 Å². The highest BCUT2D eigenvalue weighted by atomic mass is 16.5. The van der Waals surface area contributed by atoms with Crippen molar-refractivity contribution in [2.24, 2.45) is 23.7 Å². The molecule has 2 saturated carbocycles. The fourth-order valence-corrected chi connectivity index (χ4v) is 4.86. The summed E-state index contributed by atoms with van der Waals surface area (Å²) in [5.41, 5.74) is 0. The summed E-state index contributed by atoms with van der Waals surface area (Å²) in [4.78, 5) is 12.8. The molecule has 3 aliphatic rings. The van der Waals surface area contributed by atoms with Gasteiger partial charge in [0.25, 0.3) is 0 Å². The lowest BCUT2D eigenvalue weighted by atomic mass is 9.68. The summed E-state index contributed by atoms with van der Waals surface area (Å²) in [5, 5.41) is 19.4. The Balaban J connectivity index is 1.77. The van der Waals surface area contributed by atoms with Gasteiger partial charge in [-0.3, -0.25) is 4.79 Å². The molecule has 25 heavy (non-hydrogen) atoms. The summed E-state index contributed by atoms with van der Waals surface area (Å²) in [6.07, 6.45) is 5.72. The van der Waals surface area contributed by atoms with E-state index in [1.165, 1.54) is 0 Å². The number of ether oxygens (including phenoxy) is 3. The van der Waals surface area contributed by atoms with Crippen LogP contribution in [0.25, 0.3) is 0 Å². The summed E-state index contributed by atoms with van der Waals surface area (Å²) in [7, 11) is 3.30. The van der Waals surface area contributed by atoms with Gasteiger partial charge in [0.2, 0.25) is 0 Å². The maximum Gasteiger partial charge on any atom is 0.168 e. The highest BCUT2D eigenvalue weighted by Crippen LogP contribution is 2.43. The number of rotatable bonds is 5. The zero-order chi connectivity index (χ0) is 18.0. The molecule has 0 aromatic rings. The molecule has 0 bridgehead atoms. The molecule has 0 aromatic heterocycles. The minimum atomic E-state index is -0.421. The molecule has 2 aliphatic carbocycles. The largest absolute Gasteiger partial charge is 0.493 e. The first-order valence-corrected chi connectivity index (χ1v) is 9.32. The van der Waals surface area contributed by atoms with Crippen LogP contribution < -0.4 is 0 Å². The van der Waals surface area contributed by atoms with Crippen molar-refractivity contribution in [3.05, 3.63) is 11.8 Å². The normalized spacial score (nSPS) is 41.7. The van der Waals surface area contributed by atoms with E-state index in [4.69, 9.17) is 14.2 Å². The predicted octanol–water partition coefficient (Wildman–Crippen LogP) is 1.30. The number of carbonyl (C=O) groups excluding carboxylic acids is 1. The van der Waals surface area contributed by atoms with E-state index in [2.05, 4.69) is 0 Å². The Labute approximate surface area is 149 Å². The van der Waals surface area contributed by atoms with Crippen molar-refractivity contribution in [1.82, 2.24) is 0 Å². The van der Waals surface area contributed by atoms with Gasteiger partial charge in [-0.2, -0.15) is 0 Å². The number of aliphatic hydroxyl groups is 2. The second kappa shape index (κ2) is 8.16. The average molecular weight is 354 g/mol. The quantitative estimate of drug-likeness (QED) is 0.774. The molecule has 5 unspecified atom stereocenters. The third-order valence-electron chi connectivity index (χ3n) is 6.34. The summed E-state index contributed by atoms with van der Waals surface area (Å²) < 4.78 is 17.2. The molecule has 5 atom stereocenters. The average Bonchev–Trinajstić information content (AvgIpc) is 2.66. The third-order valence-corrected chi connectivity index (χ3v) is 6.34. The van der Waals surface area contributed by atoms with Crippen molar-refractivity contribution in [3.63, 3.8) is 0 Å². The number of hydrogen-bond acceptors (Lipinski definition) is 6. The Morgan fingerprint density at radius 1 is 1.12 bits per heavy atom. The van der Waals surface area contributed by atoms with Gasteiger partial charge in [0.15, 0.2) is 5.78 Å². The molecule has 1 aliphatic heterocycles. The van der Waals surface area contributed by atoms with Crippen LogP contribution in [0.2, 0.25) is 0 Å². The van der Waals surface area contributed by atoms with E-state index in [1.54, 1.807) is 20.3 Å². The minimum Gasteiger partial charge on any atom is -0.493 e. The molecule has 2 fully saturated rings. The number of methoxy groups -OCH3 is 2. The second-order valence-electron chi connectivity index (χ2n) is 7.57. The molecule has 0 amide bonds. The number of carbonyl (C=O) groups is 1. The molecule has 0 saturated heterocycles. The van der Waals surface area contributed by atoms with Gasteiger partial charge in [-0.1, -0.05) is 0 Å². The number of allylic oxidation sites excluding steroid dienone is 2. The Kier molecular flexibility index (Phi) is 6.15. The lowest BCUT2D eigenvalue weighted by Crippen LogP contribution is -2.55. The molecule has 6 heteroatoms. The van der Waals surface area contributed by atoms with Crippen LogP contribution in [0, 0.1) is 23.7 Å². The number of hydrogen-bond donors (Lipinski definition) is 2. The molecule has 142 valence electrons. The zero-order valence-electron chi connectivity index (χ0n) is 15.1. The lowest BCUT2D eigenvalue weighted by molar-refractivity contribution is -0.158. The van der Waals surface area contributed by atoms with Crippen LogP contribution in [0.4, 0.5) is 0 Å². The molecular weight excluding hydrogens is 324 g/mol. The molecule has 2 N–H and O–H groups in total. The van der Waals surface area contributed by atoms with Gasteiger partial charge in [0, 0.05) is 45.3 Å². The van der Waals surface area contributed by atoms with Crippen molar-refractivity contribution < 1.29 is 29.2 Å². The first kappa shape index (κ1) is 18.8. The minimum absolute atomic E-state index is 0.0294. The molecule has 0 aromatic carbocycles. The smallest absolute Gasteiger partial charge is 0.168 e. The summed E-state index contributed by atoms with van der Waals surface area (Å²) in [6, 6.07) is 0. The van der Waals surface area contributed by atoms with Gasteiger partial charge in [-0.05, 0) is 38.0 Å². The van der Waals surface area contributed by atoms with E-state index in [1.807, 2.05) is 0 Å². The molecular formula is C19H30O6. The maximum absolute atomic E-state index is 12.8. The number of ketones is 1. The highest BCUT2D eigenvalue weighted by Gasteiger charge is 2.50. The molecule has 1 heterocycles. The fourth-order valence-electron chi connectivity index (χ4n) is 4.86. The summed E-state index contributed by atoms with van der Waals surface area (Å²) in [6.45, 7) is -0.137. The molecule has 0 radical (unpaired) electrons. The van der Waals surface area contributed by atoms with Crippen molar-refractivity contribution in [2.45, 2.75) is 50.4 Å². The summed E-state index contributed by atoms with van der Waals surface area (Å²) in [5.74, 6) is 0.324. The topological polar surface area (TPSA) is 85.2 Å². The van der Waals surface area contributed by atoms with Gasteiger partial charge in [-0.15, -0.1) is 0 Å². The van der Waals surface area contributed by atoms with Crippen LogP contribution in [0.15, 0.2) is 11.8 Å². The van der Waals surface area contributed by atoms with E-state index in [0.717, 1.165) is 31.4 Å². The van der Waals surface area contributed by atoms with E-state index in [-0.39, 0.29) is 42.9 Å². The Morgan fingerprint density at radius 2 is 1.84 bits per heavy atom. The third kappa shape index (κ3) is 3.63. The Bertz CT molecular complexity index is 496. The van der Waals surface area contributed by atoms with E-state index in [0.29, 0.717) is 12.5 Å². The van der Waals surface area contributed by atoms with Crippen molar-refractivity contribution in [1.29, 1.82) is 0 Å². The Morgan fingerprint density at radius 3 is 2.40 bits per heavy atom. The van der Waals surface area contributed by atoms with Crippen LogP contribution in [-0.4, -0.2) is 61.7 Å². The SMILES string of the molecule is COC1CCC(C2=CC(=O)C3C(CC(CO)C(CO)C3OC)O2)CC1. The van der Waals surface area contributed by atoms with Crippen LogP contribution in [0.1, 0.15) is 32.1 Å². The fraction of sp³-hybridized carbons (Fsp3) is 0.842. The van der Waals surface area contributed by atoms with Crippen molar-refractivity contribution in [3.8, 4) is 0 Å². The predicted molar refractivity (Wildman–Crippen MR) is 90.8 cm³/mol.